The third kappa shape index (κ3) is 7.10. The van der Waals surface area contributed by atoms with E-state index in [-0.39, 0.29) is 29.0 Å². The van der Waals surface area contributed by atoms with Crippen molar-refractivity contribution >= 4 is 41.3 Å². The lowest BCUT2D eigenvalue weighted by Gasteiger charge is -2.09. The molecule has 4 amide bonds. The van der Waals surface area contributed by atoms with E-state index >= 15 is 0 Å². The third-order valence-electron chi connectivity index (χ3n) is 4.11. The number of benzene rings is 1. The number of pyridine rings is 1. The SMILES string of the molecule is CCCNC(=O)NC(=O)COC(=O)c1cccnc1SCC(=O)Nc1ccc2c(c1)OCO2. The van der Waals surface area contributed by atoms with Crippen LogP contribution in [0.1, 0.15) is 23.7 Å². The van der Waals surface area contributed by atoms with Crippen LogP contribution >= 0.6 is 11.8 Å². The van der Waals surface area contributed by atoms with Gasteiger partial charge in [-0.05, 0) is 30.7 Å². The molecule has 0 saturated carbocycles. The smallest absolute Gasteiger partial charge is 0.341 e. The zero-order chi connectivity index (χ0) is 23.6. The molecule has 11 nitrogen and oxygen atoms in total. The van der Waals surface area contributed by atoms with Gasteiger partial charge in [0.25, 0.3) is 5.91 Å². The van der Waals surface area contributed by atoms with Gasteiger partial charge < -0.3 is 24.8 Å². The number of esters is 1. The largest absolute Gasteiger partial charge is 0.454 e. The van der Waals surface area contributed by atoms with Crippen molar-refractivity contribution in [3.63, 3.8) is 0 Å². The molecular formula is C21H22N4O7S. The van der Waals surface area contributed by atoms with Gasteiger partial charge in [0.2, 0.25) is 12.7 Å². The summed E-state index contributed by atoms with van der Waals surface area (Å²) in [6.45, 7) is 1.78. The molecule has 174 valence electrons. The number of nitrogens with zero attached hydrogens (tertiary/aromatic N) is 1. The molecule has 0 spiro atoms. The first-order valence-electron chi connectivity index (χ1n) is 9.98. The Morgan fingerprint density at radius 3 is 2.76 bits per heavy atom. The van der Waals surface area contributed by atoms with Crippen LogP contribution in [-0.2, 0) is 14.3 Å². The summed E-state index contributed by atoms with van der Waals surface area (Å²) in [4.78, 5) is 52.1. The van der Waals surface area contributed by atoms with Crippen LogP contribution in [-0.4, -0.2) is 54.5 Å². The zero-order valence-electron chi connectivity index (χ0n) is 17.7. The highest BCUT2D eigenvalue weighted by molar-refractivity contribution is 8.00. The highest BCUT2D eigenvalue weighted by Gasteiger charge is 2.18. The molecule has 12 heteroatoms. The Labute approximate surface area is 193 Å². The van der Waals surface area contributed by atoms with Crippen LogP contribution in [0, 0.1) is 0 Å². The average molecular weight is 474 g/mol. The van der Waals surface area contributed by atoms with Crippen molar-refractivity contribution in [3.8, 4) is 11.5 Å². The van der Waals surface area contributed by atoms with E-state index in [9.17, 15) is 19.2 Å². The van der Waals surface area contributed by atoms with E-state index < -0.39 is 24.5 Å². The highest BCUT2D eigenvalue weighted by Crippen LogP contribution is 2.34. The van der Waals surface area contributed by atoms with Crippen LogP contribution < -0.4 is 25.4 Å². The van der Waals surface area contributed by atoms with Crippen LogP contribution in [0.5, 0.6) is 11.5 Å². The van der Waals surface area contributed by atoms with E-state index in [0.29, 0.717) is 30.2 Å². The minimum absolute atomic E-state index is 0.0240. The van der Waals surface area contributed by atoms with E-state index in [0.717, 1.165) is 11.8 Å². The molecule has 0 atom stereocenters. The van der Waals surface area contributed by atoms with Crippen LogP contribution in [0.4, 0.5) is 10.5 Å². The van der Waals surface area contributed by atoms with Crippen LogP contribution in [0.25, 0.3) is 0 Å². The summed E-state index contributed by atoms with van der Waals surface area (Å²) < 4.78 is 15.5. The lowest BCUT2D eigenvalue weighted by molar-refractivity contribution is -0.123. The maximum absolute atomic E-state index is 12.4. The molecule has 33 heavy (non-hydrogen) atoms. The topological polar surface area (TPSA) is 145 Å². The molecule has 0 radical (unpaired) electrons. The Kier molecular flexibility index (Phi) is 8.47. The number of ether oxygens (including phenoxy) is 3. The maximum atomic E-state index is 12.4. The number of carbonyl (C=O) groups is 4. The Balaban J connectivity index is 1.50. The fourth-order valence-electron chi connectivity index (χ4n) is 2.62. The normalized spacial score (nSPS) is 11.4. The molecule has 0 bridgehead atoms. The van der Waals surface area contributed by atoms with Gasteiger partial charge in [0, 0.05) is 24.5 Å². The van der Waals surface area contributed by atoms with Gasteiger partial charge in [-0.15, -0.1) is 0 Å². The van der Waals surface area contributed by atoms with E-state index in [4.69, 9.17) is 14.2 Å². The number of imide groups is 1. The number of urea groups is 1. The van der Waals surface area contributed by atoms with Gasteiger partial charge in [-0.1, -0.05) is 18.7 Å². The summed E-state index contributed by atoms with van der Waals surface area (Å²) >= 11 is 1.04. The van der Waals surface area contributed by atoms with Crippen LogP contribution in [0.3, 0.4) is 0 Å². The van der Waals surface area contributed by atoms with Crippen molar-refractivity contribution in [1.29, 1.82) is 0 Å². The quantitative estimate of drug-likeness (QED) is 0.367. The molecule has 1 aromatic heterocycles. The molecule has 2 aromatic rings. The van der Waals surface area contributed by atoms with Crippen molar-refractivity contribution in [3.05, 3.63) is 42.1 Å². The van der Waals surface area contributed by atoms with E-state index in [2.05, 4.69) is 20.9 Å². The number of amides is 4. The van der Waals surface area contributed by atoms with E-state index in [1.54, 1.807) is 18.2 Å². The number of hydrogen-bond acceptors (Lipinski definition) is 9. The number of hydrogen-bond donors (Lipinski definition) is 3. The predicted molar refractivity (Wildman–Crippen MR) is 118 cm³/mol. The van der Waals surface area contributed by atoms with Gasteiger partial charge in [-0.3, -0.25) is 14.9 Å². The average Bonchev–Trinajstić information content (AvgIpc) is 3.28. The molecule has 1 aliphatic heterocycles. The Bertz CT molecular complexity index is 1050. The van der Waals surface area contributed by atoms with E-state index in [1.807, 2.05) is 6.92 Å². The van der Waals surface area contributed by atoms with Crippen LogP contribution in [0.15, 0.2) is 41.6 Å². The number of aromatic nitrogens is 1. The highest BCUT2D eigenvalue weighted by atomic mass is 32.2. The Hall–Kier alpha value is -3.80. The molecule has 1 aromatic carbocycles. The number of anilines is 1. The molecule has 2 heterocycles. The lowest BCUT2D eigenvalue weighted by atomic mass is 10.3. The third-order valence-corrected chi connectivity index (χ3v) is 5.12. The summed E-state index contributed by atoms with van der Waals surface area (Å²) in [7, 11) is 0. The Morgan fingerprint density at radius 1 is 1.12 bits per heavy atom. The second kappa shape index (κ2) is 11.7. The predicted octanol–water partition coefficient (Wildman–Crippen LogP) is 1.93. The van der Waals surface area contributed by atoms with E-state index in [1.165, 1.54) is 18.3 Å². The fourth-order valence-corrected chi connectivity index (χ4v) is 3.40. The first-order chi connectivity index (χ1) is 16.0. The first-order valence-corrected chi connectivity index (χ1v) is 11.0. The van der Waals surface area contributed by atoms with Gasteiger partial charge in [0.1, 0.15) is 5.03 Å². The minimum Gasteiger partial charge on any atom is -0.454 e. The summed E-state index contributed by atoms with van der Waals surface area (Å²) in [5.41, 5.74) is 0.640. The zero-order valence-corrected chi connectivity index (χ0v) is 18.5. The van der Waals surface area contributed by atoms with Crippen molar-refractivity contribution < 1.29 is 33.4 Å². The monoisotopic (exact) mass is 474 g/mol. The van der Waals surface area contributed by atoms with Crippen molar-refractivity contribution in [2.24, 2.45) is 0 Å². The summed E-state index contributed by atoms with van der Waals surface area (Å²) in [5.74, 6) is -0.758. The molecule has 3 N–H and O–H groups in total. The molecule has 0 saturated heterocycles. The molecular weight excluding hydrogens is 452 g/mol. The second-order valence-corrected chi connectivity index (χ2v) is 7.61. The minimum atomic E-state index is -0.800. The summed E-state index contributed by atoms with van der Waals surface area (Å²) in [6, 6.07) is 7.38. The van der Waals surface area contributed by atoms with Crippen molar-refractivity contribution in [2.75, 3.05) is 31.0 Å². The number of carbonyl (C=O) groups excluding carboxylic acids is 4. The van der Waals surface area contributed by atoms with Crippen molar-refractivity contribution in [1.82, 2.24) is 15.6 Å². The lowest BCUT2D eigenvalue weighted by Crippen LogP contribution is -2.41. The van der Waals surface area contributed by atoms with Gasteiger partial charge in [-0.25, -0.2) is 14.6 Å². The molecule has 0 fully saturated rings. The van der Waals surface area contributed by atoms with Crippen LogP contribution in [0.2, 0.25) is 0 Å². The first kappa shape index (κ1) is 23.9. The van der Waals surface area contributed by atoms with Gasteiger partial charge in [0.05, 0.1) is 11.3 Å². The van der Waals surface area contributed by atoms with Gasteiger partial charge in [0.15, 0.2) is 18.1 Å². The molecule has 0 aliphatic carbocycles. The fraction of sp³-hybridized carbons (Fsp3) is 0.286. The van der Waals surface area contributed by atoms with Gasteiger partial charge >= 0.3 is 12.0 Å². The second-order valence-electron chi connectivity index (χ2n) is 6.64. The van der Waals surface area contributed by atoms with Crippen molar-refractivity contribution in [2.45, 2.75) is 18.4 Å². The molecule has 3 rings (SSSR count). The summed E-state index contributed by atoms with van der Waals surface area (Å²) in [5, 5.41) is 7.53. The number of rotatable bonds is 9. The number of thioether (sulfide) groups is 1. The standard InChI is InChI=1S/C21H22N4O7S/c1-2-7-23-21(29)25-17(26)10-30-20(28)14-4-3-8-22-19(14)33-11-18(27)24-13-5-6-15-16(9-13)32-12-31-15/h3-6,8-9H,2,7,10-12H2,1H3,(H,24,27)(H2,23,25,26,29). The summed E-state index contributed by atoms with van der Waals surface area (Å²) in [6.07, 6.45) is 2.19. The van der Waals surface area contributed by atoms with Gasteiger partial charge in [-0.2, -0.15) is 0 Å². The maximum Gasteiger partial charge on any atom is 0.341 e. The number of fused-ring (bicyclic) bond motifs is 1. The molecule has 0 unspecified atom stereocenters. The number of nitrogens with one attached hydrogen (secondary N) is 3. The molecule has 1 aliphatic rings. The Morgan fingerprint density at radius 2 is 1.94 bits per heavy atom.